The minimum absolute atomic E-state index is 0.0227. The minimum atomic E-state index is -0.305. The maximum Gasteiger partial charge on any atom is 0.357 e. The lowest BCUT2D eigenvalue weighted by Gasteiger charge is -2.34. The molecular weight excluding hydrogens is 472 g/mol. The Kier molecular flexibility index (Phi) is 6.43. The average Bonchev–Trinajstić information content (AvgIpc) is 3.57. The van der Waals surface area contributed by atoms with E-state index in [9.17, 15) is 4.79 Å². The summed E-state index contributed by atoms with van der Waals surface area (Å²) in [6, 6.07) is 9.74. The van der Waals surface area contributed by atoms with E-state index < -0.39 is 0 Å². The van der Waals surface area contributed by atoms with E-state index in [0.29, 0.717) is 28.2 Å². The number of rotatable bonds is 4. The van der Waals surface area contributed by atoms with E-state index in [4.69, 9.17) is 33.0 Å². The Morgan fingerprint density at radius 1 is 1.03 bits per heavy atom. The number of hydrogen-bond acceptors (Lipinski definition) is 5. The number of carbonyl (C=O) groups excluding carboxylic acids is 1. The van der Waals surface area contributed by atoms with E-state index in [1.54, 1.807) is 6.07 Å². The molecule has 4 aliphatic rings. The predicted molar refractivity (Wildman–Crippen MR) is 141 cm³/mol. The molecule has 0 amide bonds. The molecular formula is C29H31ClN4O2. The van der Waals surface area contributed by atoms with Gasteiger partial charge in [-0.15, -0.1) is 0 Å². The summed E-state index contributed by atoms with van der Waals surface area (Å²) in [7, 11) is 0. The number of nitrogens with zero attached hydrogens (tertiary/aromatic N) is 4. The summed E-state index contributed by atoms with van der Waals surface area (Å²) in [5, 5.41) is 7.80. The molecule has 1 aliphatic heterocycles. The standard InChI is InChI=1S/C29H31ClN4O2/c1-31-25-14-11-19(17-23(25)30)34-28(18-7-5-6-8-18)22-13-15-24-21(27(22)33-34)12-16-26(32-24)29(35)36-20-9-3-2-4-10-20/h11-12,14,16-18,20,22,28H,2-10,13,15H2. The van der Waals surface area contributed by atoms with Gasteiger partial charge in [-0.2, -0.15) is 5.10 Å². The highest BCUT2D eigenvalue weighted by Crippen LogP contribution is 2.45. The average molecular weight is 503 g/mol. The number of fused-ring (bicyclic) bond motifs is 3. The zero-order valence-electron chi connectivity index (χ0n) is 20.5. The fourth-order valence-corrected chi connectivity index (χ4v) is 6.88. The van der Waals surface area contributed by atoms with Crippen LogP contribution < -0.4 is 5.01 Å². The second kappa shape index (κ2) is 9.86. The number of halogens is 1. The van der Waals surface area contributed by atoms with Gasteiger partial charge in [0.25, 0.3) is 0 Å². The third kappa shape index (κ3) is 4.28. The number of esters is 1. The van der Waals surface area contributed by atoms with Crippen molar-refractivity contribution < 1.29 is 9.53 Å². The number of hydrazone groups is 1. The quantitative estimate of drug-likeness (QED) is 0.330. The first-order valence-electron chi connectivity index (χ1n) is 13.4. The lowest BCUT2D eigenvalue weighted by molar-refractivity contribution is 0.0204. The summed E-state index contributed by atoms with van der Waals surface area (Å²) >= 11 is 6.42. The molecule has 0 N–H and O–H groups in total. The van der Waals surface area contributed by atoms with Gasteiger partial charge in [-0.3, -0.25) is 5.01 Å². The molecule has 2 saturated carbocycles. The van der Waals surface area contributed by atoms with Crippen LogP contribution in [-0.2, 0) is 11.2 Å². The number of hydrogen-bond donors (Lipinski definition) is 0. The summed E-state index contributed by atoms with van der Waals surface area (Å²) < 4.78 is 5.77. The van der Waals surface area contributed by atoms with E-state index in [1.165, 1.54) is 32.1 Å². The number of carbonyl (C=O) groups is 1. The van der Waals surface area contributed by atoms with Gasteiger partial charge in [-0.1, -0.05) is 36.9 Å². The van der Waals surface area contributed by atoms with Crippen molar-refractivity contribution in [1.29, 1.82) is 0 Å². The lowest BCUT2D eigenvalue weighted by Crippen LogP contribution is -2.40. The van der Waals surface area contributed by atoms with Crippen molar-refractivity contribution in [3.63, 3.8) is 0 Å². The van der Waals surface area contributed by atoms with Crippen LogP contribution in [0.3, 0.4) is 0 Å². The number of benzene rings is 1. The molecule has 0 bridgehead atoms. The van der Waals surface area contributed by atoms with Crippen LogP contribution in [0.5, 0.6) is 0 Å². The van der Waals surface area contributed by atoms with Crippen LogP contribution in [-0.4, -0.2) is 28.8 Å². The van der Waals surface area contributed by atoms with Crippen molar-refractivity contribution in [2.45, 2.75) is 82.8 Å². The maximum absolute atomic E-state index is 12.8. The number of aryl methyl sites for hydroxylation is 1. The summed E-state index contributed by atoms with van der Waals surface area (Å²) in [5.41, 5.74) is 4.87. The van der Waals surface area contributed by atoms with Gasteiger partial charge in [0.2, 0.25) is 5.69 Å². The molecule has 0 saturated heterocycles. The van der Waals surface area contributed by atoms with Crippen LogP contribution >= 0.6 is 11.6 Å². The van der Waals surface area contributed by atoms with Gasteiger partial charge >= 0.3 is 5.97 Å². The van der Waals surface area contributed by atoms with Crippen molar-refractivity contribution >= 4 is 34.7 Å². The molecule has 1 aromatic carbocycles. The van der Waals surface area contributed by atoms with Gasteiger partial charge in [0.1, 0.15) is 11.8 Å². The Labute approximate surface area is 217 Å². The first-order valence-corrected chi connectivity index (χ1v) is 13.8. The topological polar surface area (TPSA) is 59.2 Å². The SMILES string of the molecule is [C-]#[N+]c1ccc(N2N=C3c4ccc(C(=O)OC5CCCCC5)nc4CCC3C2C2CCCC2)cc1Cl. The van der Waals surface area contributed by atoms with Crippen LogP contribution in [0.15, 0.2) is 35.4 Å². The Morgan fingerprint density at radius 3 is 2.56 bits per heavy atom. The van der Waals surface area contributed by atoms with Crippen LogP contribution in [0, 0.1) is 18.4 Å². The molecule has 3 aliphatic carbocycles. The highest BCUT2D eigenvalue weighted by atomic mass is 35.5. The van der Waals surface area contributed by atoms with Crippen molar-refractivity contribution in [2.24, 2.45) is 16.9 Å². The highest BCUT2D eigenvalue weighted by molar-refractivity contribution is 6.33. The molecule has 7 heteroatoms. The van der Waals surface area contributed by atoms with E-state index in [0.717, 1.165) is 61.2 Å². The molecule has 6 rings (SSSR count). The molecule has 36 heavy (non-hydrogen) atoms. The van der Waals surface area contributed by atoms with Crippen molar-refractivity contribution in [1.82, 2.24) is 4.98 Å². The van der Waals surface area contributed by atoms with Crippen molar-refractivity contribution in [2.75, 3.05) is 5.01 Å². The van der Waals surface area contributed by atoms with Gasteiger partial charge in [0.15, 0.2) is 0 Å². The largest absolute Gasteiger partial charge is 0.458 e. The maximum atomic E-state index is 12.8. The third-order valence-electron chi connectivity index (χ3n) is 8.44. The summed E-state index contributed by atoms with van der Waals surface area (Å²) in [6.07, 6.45) is 12.2. The molecule has 2 fully saturated rings. The van der Waals surface area contributed by atoms with Gasteiger partial charge in [-0.05, 0) is 81.5 Å². The lowest BCUT2D eigenvalue weighted by atomic mass is 9.76. The Bertz CT molecular complexity index is 1240. The van der Waals surface area contributed by atoms with E-state index in [-0.39, 0.29) is 18.1 Å². The molecule has 0 radical (unpaired) electrons. The van der Waals surface area contributed by atoms with Gasteiger partial charge < -0.3 is 4.74 Å². The van der Waals surface area contributed by atoms with E-state index in [2.05, 4.69) is 9.85 Å². The normalized spacial score (nSPS) is 24.1. The van der Waals surface area contributed by atoms with Crippen LogP contribution in [0.25, 0.3) is 4.85 Å². The Morgan fingerprint density at radius 2 is 1.81 bits per heavy atom. The second-order valence-corrected chi connectivity index (χ2v) is 11.0. The molecule has 2 unspecified atom stereocenters. The molecule has 0 spiro atoms. The number of anilines is 1. The zero-order valence-corrected chi connectivity index (χ0v) is 21.2. The van der Waals surface area contributed by atoms with Gasteiger partial charge in [0, 0.05) is 16.5 Å². The van der Waals surface area contributed by atoms with E-state index in [1.807, 2.05) is 24.3 Å². The smallest absolute Gasteiger partial charge is 0.357 e. The molecule has 2 atom stereocenters. The molecule has 186 valence electrons. The van der Waals surface area contributed by atoms with Gasteiger partial charge in [-0.25, -0.2) is 14.6 Å². The fourth-order valence-electron chi connectivity index (χ4n) is 6.66. The zero-order chi connectivity index (χ0) is 24.6. The van der Waals surface area contributed by atoms with Crippen LogP contribution in [0.1, 0.15) is 86.0 Å². The van der Waals surface area contributed by atoms with Crippen molar-refractivity contribution in [3.8, 4) is 0 Å². The summed E-state index contributed by atoms with van der Waals surface area (Å²) in [6.45, 7) is 7.33. The van der Waals surface area contributed by atoms with Crippen molar-refractivity contribution in [3.05, 3.63) is 63.7 Å². The molecule has 6 nitrogen and oxygen atoms in total. The summed E-state index contributed by atoms with van der Waals surface area (Å²) in [5.74, 6) is 0.594. The number of pyridine rings is 1. The van der Waals surface area contributed by atoms with Gasteiger partial charge in [0.05, 0.1) is 29.7 Å². The van der Waals surface area contributed by atoms with Crippen LogP contribution in [0.4, 0.5) is 11.4 Å². The first-order chi connectivity index (χ1) is 17.6. The number of aromatic nitrogens is 1. The fraction of sp³-hybridized carbons (Fsp3) is 0.517. The predicted octanol–water partition coefficient (Wildman–Crippen LogP) is 7.12. The monoisotopic (exact) mass is 502 g/mol. The molecule has 1 aromatic heterocycles. The number of ether oxygens (including phenoxy) is 1. The Hall–Kier alpha value is -2.91. The third-order valence-corrected chi connectivity index (χ3v) is 8.74. The minimum Gasteiger partial charge on any atom is -0.458 e. The van der Waals surface area contributed by atoms with E-state index >= 15 is 0 Å². The Balaban J connectivity index is 1.31. The molecule has 2 aromatic rings. The molecule has 2 heterocycles. The second-order valence-electron chi connectivity index (χ2n) is 10.6. The van der Waals surface area contributed by atoms with Crippen LogP contribution in [0.2, 0.25) is 5.02 Å². The highest BCUT2D eigenvalue weighted by Gasteiger charge is 2.46. The first kappa shape index (κ1) is 23.5. The summed E-state index contributed by atoms with van der Waals surface area (Å²) in [4.78, 5) is 21.1.